The molecule has 1 N–H and O–H groups in total. The molecule has 7 nitrogen and oxygen atoms in total. The summed E-state index contributed by atoms with van der Waals surface area (Å²) in [5, 5.41) is 4.61. The fraction of sp³-hybridized carbons (Fsp3) is 0.200. The van der Waals surface area contributed by atoms with E-state index in [0.717, 1.165) is 38.1 Å². The van der Waals surface area contributed by atoms with Crippen LogP contribution in [0.2, 0.25) is 5.02 Å². The number of nitrogens with zero attached hydrogens (tertiary/aromatic N) is 3. The third-order valence-electron chi connectivity index (χ3n) is 6.45. The van der Waals surface area contributed by atoms with Gasteiger partial charge in [0.2, 0.25) is 0 Å². The number of halogens is 1. The fourth-order valence-electron chi connectivity index (χ4n) is 4.46. The summed E-state index contributed by atoms with van der Waals surface area (Å²) in [6.45, 7) is 9.20. The van der Waals surface area contributed by atoms with Crippen LogP contribution in [0.4, 0.5) is 5.69 Å². The number of benzene rings is 3. The van der Waals surface area contributed by atoms with E-state index in [1.807, 2.05) is 52.0 Å². The van der Waals surface area contributed by atoms with E-state index in [1.54, 1.807) is 43.5 Å². The third-order valence-corrected chi connectivity index (χ3v) is 8.46. The van der Waals surface area contributed by atoms with Crippen molar-refractivity contribution in [2.24, 2.45) is 5.10 Å². The Morgan fingerprint density at radius 2 is 1.67 bits per heavy atom. The first-order valence-electron chi connectivity index (χ1n) is 12.4. The van der Waals surface area contributed by atoms with E-state index >= 15 is 0 Å². The number of hydrogen-bond acceptors (Lipinski definition) is 4. The van der Waals surface area contributed by atoms with Crippen LogP contribution in [-0.4, -0.2) is 31.7 Å². The molecule has 1 aromatic heterocycles. The molecule has 1 heterocycles. The maximum Gasteiger partial charge on any atom is 0.264 e. The molecule has 0 saturated heterocycles. The summed E-state index contributed by atoms with van der Waals surface area (Å²) in [6, 6.07) is 21.5. The van der Waals surface area contributed by atoms with Gasteiger partial charge in [-0.25, -0.2) is 13.8 Å². The second kappa shape index (κ2) is 11.5. The van der Waals surface area contributed by atoms with Crippen molar-refractivity contribution in [1.82, 2.24) is 9.99 Å². The highest BCUT2D eigenvalue weighted by atomic mass is 35.5. The molecule has 202 valence electrons. The van der Waals surface area contributed by atoms with Gasteiger partial charge in [-0.05, 0) is 94.3 Å². The second-order valence-corrected chi connectivity index (χ2v) is 11.8. The largest absolute Gasteiger partial charge is 0.318 e. The Hall–Kier alpha value is -3.88. The summed E-state index contributed by atoms with van der Waals surface area (Å²) in [5.41, 5.74) is 9.44. The van der Waals surface area contributed by atoms with Gasteiger partial charge in [0.25, 0.3) is 15.9 Å². The summed E-state index contributed by atoms with van der Waals surface area (Å²) < 4.78 is 30.5. The zero-order valence-electron chi connectivity index (χ0n) is 22.6. The van der Waals surface area contributed by atoms with E-state index in [2.05, 4.69) is 21.2 Å². The molecule has 0 aliphatic rings. The quantitative estimate of drug-likeness (QED) is 0.210. The summed E-state index contributed by atoms with van der Waals surface area (Å²) in [6.07, 6.45) is 1.57. The number of hydrazone groups is 1. The van der Waals surface area contributed by atoms with Gasteiger partial charge in [-0.3, -0.25) is 9.10 Å². The van der Waals surface area contributed by atoms with Gasteiger partial charge >= 0.3 is 0 Å². The maximum absolute atomic E-state index is 13.6. The van der Waals surface area contributed by atoms with Crippen molar-refractivity contribution < 1.29 is 13.2 Å². The lowest BCUT2D eigenvalue weighted by molar-refractivity contribution is -0.119. The minimum atomic E-state index is -4.05. The van der Waals surface area contributed by atoms with Crippen molar-refractivity contribution >= 4 is 39.4 Å². The van der Waals surface area contributed by atoms with Crippen molar-refractivity contribution in [1.29, 1.82) is 0 Å². The molecule has 0 unspecified atom stereocenters. The fourth-order valence-corrected chi connectivity index (χ4v) is 6.17. The Balaban J connectivity index is 1.58. The Labute approximate surface area is 234 Å². The van der Waals surface area contributed by atoms with Crippen molar-refractivity contribution in [3.8, 4) is 5.69 Å². The molecule has 0 atom stereocenters. The molecule has 0 bridgehead atoms. The predicted molar refractivity (Wildman–Crippen MR) is 158 cm³/mol. The first-order valence-corrected chi connectivity index (χ1v) is 14.2. The lowest BCUT2D eigenvalue weighted by Gasteiger charge is -2.25. The van der Waals surface area contributed by atoms with Gasteiger partial charge < -0.3 is 4.57 Å². The summed E-state index contributed by atoms with van der Waals surface area (Å²) in [7, 11) is -4.05. The molecular weight excluding hydrogens is 532 g/mol. The number of aromatic nitrogens is 1. The van der Waals surface area contributed by atoms with E-state index in [-0.39, 0.29) is 4.90 Å². The van der Waals surface area contributed by atoms with Gasteiger partial charge in [0.1, 0.15) is 6.54 Å². The van der Waals surface area contributed by atoms with Gasteiger partial charge in [0.05, 0.1) is 16.8 Å². The number of nitrogens with one attached hydrogen (secondary N) is 1. The highest BCUT2D eigenvalue weighted by Gasteiger charge is 2.28. The van der Waals surface area contributed by atoms with Crippen LogP contribution in [0.25, 0.3) is 5.69 Å². The Kier molecular flexibility index (Phi) is 8.28. The predicted octanol–water partition coefficient (Wildman–Crippen LogP) is 6.02. The highest BCUT2D eigenvalue weighted by molar-refractivity contribution is 7.92. The number of hydrogen-bond donors (Lipinski definition) is 1. The normalized spacial score (nSPS) is 11.6. The molecule has 0 spiro atoms. The van der Waals surface area contributed by atoms with E-state index in [1.165, 1.54) is 12.1 Å². The minimum Gasteiger partial charge on any atom is -0.318 e. The number of rotatable bonds is 8. The number of amides is 1. The number of carbonyl (C=O) groups is 1. The summed E-state index contributed by atoms with van der Waals surface area (Å²) >= 11 is 6.11. The minimum absolute atomic E-state index is 0.0855. The standard InChI is InChI=1S/C30H31ClN4O3S/c1-20-9-12-28(13-10-20)39(37,38)34(29-14-11-26(31)16-22(29)3)19-30(36)33-32-18-25-17-23(4)35(24(25)5)27-8-6-7-21(2)15-27/h6-18H,19H2,1-5H3,(H,33,36)/b32-18-. The van der Waals surface area contributed by atoms with Crippen molar-refractivity contribution in [2.45, 2.75) is 39.5 Å². The monoisotopic (exact) mass is 562 g/mol. The van der Waals surface area contributed by atoms with Gasteiger partial charge in [0, 0.05) is 27.7 Å². The zero-order chi connectivity index (χ0) is 28.3. The van der Waals surface area contributed by atoms with Crippen molar-refractivity contribution in [2.75, 3.05) is 10.8 Å². The van der Waals surface area contributed by atoms with E-state index < -0.39 is 22.5 Å². The topological polar surface area (TPSA) is 83.8 Å². The molecule has 3 aromatic carbocycles. The first kappa shape index (κ1) is 28.1. The molecule has 1 amide bonds. The molecule has 4 aromatic rings. The maximum atomic E-state index is 13.6. The van der Waals surface area contributed by atoms with E-state index in [0.29, 0.717) is 16.3 Å². The average molecular weight is 563 g/mol. The average Bonchev–Trinajstić information content (AvgIpc) is 3.15. The molecule has 4 rings (SSSR count). The Bertz CT molecular complexity index is 1660. The smallest absolute Gasteiger partial charge is 0.264 e. The molecule has 39 heavy (non-hydrogen) atoms. The SMILES string of the molecule is Cc1ccc(S(=O)(=O)N(CC(=O)N/N=C\c2cc(C)n(-c3cccc(C)c3)c2C)c2ccc(Cl)cc2C)cc1. The van der Waals surface area contributed by atoms with Crippen LogP contribution in [0.15, 0.2) is 82.8 Å². The van der Waals surface area contributed by atoms with Gasteiger partial charge in [-0.2, -0.15) is 5.10 Å². The van der Waals surface area contributed by atoms with Crippen LogP contribution in [0.3, 0.4) is 0 Å². The van der Waals surface area contributed by atoms with Gasteiger partial charge in [0.15, 0.2) is 0 Å². The second-order valence-electron chi connectivity index (χ2n) is 9.55. The molecule has 0 aliphatic heterocycles. The van der Waals surface area contributed by atoms with Crippen LogP contribution in [0, 0.1) is 34.6 Å². The molecule has 0 radical (unpaired) electrons. The lowest BCUT2D eigenvalue weighted by atomic mass is 10.2. The van der Waals surface area contributed by atoms with Crippen LogP contribution in [-0.2, 0) is 14.8 Å². The van der Waals surface area contributed by atoms with Crippen LogP contribution < -0.4 is 9.73 Å². The number of anilines is 1. The van der Waals surface area contributed by atoms with E-state index in [9.17, 15) is 13.2 Å². The number of aryl methyl sites for hydroxylation is 4. The zero-order valence-corrected chi connectivity index (χ0v) is 24.1. The van der Waals surface area contributed by atoms with E-state index in [4.69, 9.17) is 11.6 Å². The number of carbonyl (C=O) groups excluding carboxylic acids is 1. The van der Waals surface area contributed by atoms with Crippen LogP contribution in [0.5, 0.6) is 0 Å². The first-order chi connectivity index (χ1) is 18.5. The van der Waals surface area contributed by atoms with Crippen molar-refractivity contribution in [3.63, 3.8) is 0 Å². The lowest BCUT2D eigenvalue weighted by Crippen LogP contribution is -2.40. The van der Waals surface area contributed by atoms with Gasteiger partial charge in [-0.1, -0.05) is 41.4 Å². The van der Waals surface area contributed by atoms with Crippen LogP contribution >= 0.6 is 11.6 Å². The number of sulfonamides is 1. The summed E-state index contributed by atoms with van der Waals surface area (Å²) in [4.78, 5) is 13.1. The van der Waals surface area contributed by atoms with Crippen molar-refractivity contribution in [3.05, 3.63) is 111 Å². The highest BCUT2D eigenvalue weighted by Crippen LogP contribution is 2.29. The molecule has 0 fully saturated rings. The molecule has 0 aliphatic carbocycles. The third kappa shape index (κ3) is 6.24. The molecular formula is C30H31ClN4O3S. The summed E-state index contributed by atoms with van der Waals surface area (Å²) in [5.74, 6) is -0.580. The van der Waals surface area contributed by atoms with Gasteiger partial charge in [-0.15, -0.1) is 0 Å². The molecule has 9 heteroatoms. The Morgan fingerprint density at radius 3 is 2.33 bits per heavy atom. The van der Waals surface area contributed by atoms with Crippen LogP contribution in [0.1, 0.15) is 33.6 Å². The Morgan fingerprint density at radius 1 is 0.949 bits per heavy atom. The molecule has 0 saturated carbocycles.